The Bertz CT molecular complexity index is 1170. The molecule has 0 spiro atoms. The first-order valence-corrected chi connectivity index (χ1v) is 11.2. The van der Waals surface area contributed by atoms with E-state index in [4.69, 9.17) is 0 Å². The highest BCUT2D eigenvalue weighted by Crippen LogP contribution is 2.38. The summed E-state index contributed by atoms with van der Waals surface area (Å²) in [5.74, 6) is 1.56. The summed E-state index contributed by atoms with van der Waals surface area (Å²) in [4.78, 5) is 14.0. The van der Waals surface area contributed by atoms with Crippen molar-refractivity contribution in [1.82, 2.24) is 35.3 Å². The van der Waals surface area contributed by atoms with Gasteiger partial charge in [-0.1, -0.05) is 12.1 Å². The molecule has 1 saturated carbocycles. The number of nitrogens with zero attached hydrogens (tertiary/aromatic N) is 7. The van der Waals surface area contributed by atoms with Crippen LogP contribution in [0.2, 0.25) is 0 Å². The lowest BCUT2D eigenvalue weighted by Crippen LogP contribution is -2.53. The van der Waals surface area contributed by atoms with Crippen molar-refractivity contribution in [3.05, 3.63) is 36.2 Å². The van der Waals surface area contributed by atoms with Crippen molar-refractivity contribution in [1.29, 1.82) is 0 Å². The molecule has 9 heteroatoms. The highest BCUT2D eigenvalue weighted by Gasteiger charge is 2.37. The van der Waals surface area contributed by atoms with E-state index in [9.17, 15) is 0 Å². The minimum absolute atomic E-state index is 0.606. The van der Waals surface area contributed by atoms with E-state index in [2.05, 4.69) is 59.3 Å². The molecule has 30 heavy (non-hydrogen) atoms. The number of nitrogens with one attached hydrogen (secondary N) is 1. The number of fused-ring (bicyclic) bond motifs is 1. The van der Waals surface area contributed by atoms with Crippen LogP contribution in [0.1, 0.15) is 12.8 Å². The van der Waals surface area contributed by atoms with E-state index in [1.165, 1.54) is 12.8 Å². The molecule has 1 atom stereocenters. The van der Waals surface area contributed by atoms with Gasteiger partial charge < -0.3 is 4.90 Å². The van der Waals surface area contributed by atoms with Gasteiger partial charge in [0.15, 0.2) is 0 Å². The number of thiazole rings is 1. The predicted octanol–water partition coefficient (Wildman–Crippen LogP) is 3.07. The topological polar surface area (TPSA) is 86.7 Å². The molecule has 0 unspecified atom stereocenters. The van der Waals surface area contributed by atoms with Crippen LogP contribution in [0.3, 0.4) is 0 Å². The zero-order valence-electron chi connectivity index (χ0n) is 16.7. The lowest BCUT2D eigenvalue weighted by Gasteiger charge is -2.39. The van der Waals surface area contributed by atoms with Crippen molar-refractivity contribution in [2.45, 2.75) is 18.9 Å². The third-order valence-corrected chi connectivity index (χ3v) is 7.12. The maximum Gasteiger partial charge on any atom is 0.245 e. The van der Waals surface area contributed by atoms with Gasteiger partial charge in [0.2, 0.25) is 5.95 Å². The van der Waals surface area contributed by atoms with Gasteiger partial charge in [0, 0.05) is 48.6 Å². The van der Waals surface area contributed by atoms with Crippen LogP contribution in [0.5, 0.6) is 0 Å². The fraction of sp³-hybridized carbons (Fsp3) is 0.381. The maximum absolute atomic E-state index is 4.68. The number of anilines is 1. The van der Waals surface area contributed by atoms with E-state index in [0.29, 0.717) is 6.04 Å². The molecule has 2 aliphatic rings. The summed E-state index contributed by atoms with van der Waals surface area (Å²) in [7, 11) is 2.23. The van der Waals surface area contributed by atoms with Crippen molar-refractivity contribution in [2.75, 3.05) is 31.6 Å². The summed E-state index contributed by atoms with van der Waals surface area (Å²) in [5, 5.41) is 16.0. The van der Waals surface area contributed by atoms with Crippen molar-refractivity contribution in [3.63, 3.8) is 0 Å². The van der Waals surface area contributed by atoms with Crippen LogP contribution in [-0.4, -0.2) is 68.0 Å². The normalized spacial score (nSPS) is 20.2. The first kappa shape index (κ1) is 17.9. The molecule has 1 aliphatic carbocycles. The van der Waals surface area contributed by atoms with Gasteiger partial charge in [0.05, 0.1) is 28.1 Å². The molecule has 1 aromatic carbocycles. The van der Waals surface area contributed by atoms with E-state index in [0.717, 1.165) is 64.1 Å². The molecule has 152 valence electrons. The van der Waals surface area contributed by atoms with Crippen LogP contribution < -0.4 is 4.90 Å². The third kappa shape index (κ3) is 3.05. The zero-order valence-corrected chi connectivity index (χ0v) is 17.5. The second kappa shape index (κ2) is 7.10. The minimum Gasteiger partial charge on any atom is -0.337 e. The molecule has 6 rings (SSSR count). The fourth-order valence-corrected chi connectivity index (χ4v) is 5.23. The third-order valence-electron chi connectivity index (χ3n) is 6.26. The number of aromatic amines is 1. The molecule has 4 aromatic rings. The van der Waals surface area contributed by atoms with Crippen molar-refractivity contribution in [2.24, 2.45) is 5.92 Å². The van der Waals surface area contributed by atoms with Crippen LogP contribution in [0.4, 0.5) is 5.95 Å². The Kier molecular flexibility index (Phi) is 4.24. The number of hydrogen-bond acceptors (Lipinski definition) is 8. The Morgan fingerprint density at radius 2 is 1.97 bits per heavy atom. The number of H-pyrrole nitrogens is 1. The van der Waals surface area contributed by atoms with Crippen LogP contribution in [0, 0.1) is 5.92 Å². The number of aromatic nitrogens is 6. The van der Waals surface area contributed by atoms with Crippen LogP contribution in [0.15, 0.2) is 36.2 Å². The van der Waals surface area contributed by atoms with E-state index < -0.39 is 0 Å². The fourth-order valence-electron chi connectivity index (χ4n) is 4.39. The number of likely N-dealkylation sites (N-methyl/N-ethyl adjacent to an activating group) is 1. The Hall–Kier alpha value is -2.91. The van der Waals surface area contributed by atoms with Gasteiger partial charge in [0.25, 0.3) is 0 Å². The molecule has 3 aromatic heterocycles. The Morgan fingerprint density at radius 1 is 1.07 bits per heavy atom. The highest BCUT2D eigenvalue weighted by molar-refractivity contribution is 7.17. The van der Waals surface area contributed by atoms with Crippen LogP contribution >= 0.6 is 11.3 Å². The van der Waals surface area contributed by atoms with Gasteiger partial charge in [0.1, 0.15) is 5.69 Å². The molecule has 1 saturated heterocycles. The van der Waals surface area contributed by atoms with Gasteiger partial charge in [-0.2, -0.15) is 5.10 Å². The van der Waals surface area contributed by atoms with Gasteiger partial charge in [-0.3, -0.25) is 10.00 Å². The van der Waals surface area contributed by atoms with Crippen molar-refractivity contribution < 1.29 is 0 Å². The first-order chi connectivity index (χ1) is 14.8. The zero-order chi connectivity index (χ0) is 20.1. The summed E-state index contributed by atoms with van der Waals surface area (Å²) < 4.78 is 1.09. The van der Waals surface area contributed by atoms with E-state index in [1.54, 1.807) is 11.3 Å². The van der Waals surface area contributed by atoms with Gasteiger partial charge >= 0.3 is 0 Å². The number of hydrogen-bond donors (Lipinski definition) is 1. The first-order valence-electron chi connectivity index (χ1n) is 10.3. The van der Waals surface area contributed by atoms with Gasteiger partial charge in [-0.15, -0.1) is 21.5 Å². The lowest BCUT2D eigenvalue weighted by atomic mass is 10.0. The monoisotopic (exact) mass is 418 g/mol. The summed E-state index contributed by atoms with van der Waals surface area (Å²) in [6.45, 7) is 2.98. The van der Waals surface area contributed by atoms with Crippen molar-refractivity contribution >= 4 is 27.5 Å². The molecule has 2 fully saturated rings. The molecule has 1 N–H and O–H groups in total. The predicted molar refractivity (Wildman–Crippen MR) is 117 cm³/mol. The summed E-state index contributed by atoms with van der Waals surface area (Å²) in [6.07, 6.45) is 8.24. The number of rotatable bonds is 4. The maximum atomic E-state index is 4.68. The molecule has 8 nitrogen and oxygen atoms in total. The average molecular weight is 419 g/mol. The van der Waals surface area contributed by atoms with Crippen LogP contribution in [0.25, 0.3) is 32.6 Å². The Morgan fingerprint density at radius 3 is 2.73 bits per heavy atom. The van der Waals surface area contributed by atoms with E-state index in [1.807, 2.05) is 24.1 Å². The van der Waals surface area contributed by atoms with E-state index in [-0.39, 0.29) is 0 Å². The quantitative estimate of drug-likeness (QED) is 0.545. The highest BCUT2D eigenvalue weighted by atomic mass is 32.1. The molecule has 0 bridgehead atoms. The average Bonchev–Trinajstić information content (AvgIpc) is 3.25. The van der Waals surface area contributed by atoms with Gasteiger partial charge in [-0.05, 0) is 25.8 Å². The standard InChI is InChI=1S/C21H22N8S/c1-28-6-7-29(11-18(28)13-2-3-13)21-22-10-17(26-27-21)16-5-4-15(14-8-24-25-9-14)19-20(16)30-12-23-19/h4-5,8-10,12-13,18H,2-3,6-7,11H2,1H3,(H,24,25)/t18-/m1/s1. The molecule has 0 radical (unpaired) electrons. The minimum atomic E-state index is 0.606. The SMILES string of the molecule is CN1CCN(c2ncc(-c3ccc(-c4cn[nH]c4)c4ncsc34)nn2)C[C@@H]1C1CC1. The lowest BCUT2D eigenvalue weighted by molar-refractivity contribution is 0.196. The largest absolute Gasteiger partial charge is 0.337 e. The Balaban J connectivity index is 1.30. The molecule has 1 aliphatic heterocycles. The second-order valence-corrected chi connectivity index (χ2v) is 9.01. The van der Waals surface area contributed by atoms with E-state index >= 15 is 0 Å². The smallest absolute Gasteiger partial charge is 0.245 e. The molecular weight excluding hydrogens is 396 g/mol. The summed E-state index contributed by atoms with van der Waals surface area (Å²) >= 11 is 1.61. The number of piperazine rings is 1. The second-order valence-electron chi connectivity index (χ2n) is 8.15. The molecule has 0 amide bonds. The molecular formula is C21H22N8S. The molecule has 4 heterocycles. The number of benzene rings is 1. The van der Waals surface area contributed by atoms with Gasteiger partial charge in [-0.25, -0.2) is 9.97 Å². The Labute approximate surface area is 178 Å². The van der Waals surface area contributed by atoms with Crippen molar-refractivity contribution in [3.8, 4) is 22.4 Å². The summed E-state index contributed by atoms with van der Waals surface area (Å²) in [5.41, 5.74) is 6.70. The van der Waals surface area contributed by atoms with Crippen LogP contribution in [-0.2, 0) is 0 Å². The summed E-state index contributed by atoms with van der Waals surface area (Å²) in [6, 6.07) is 4.75.